The summed E-state index contributed by atoms with van der Waals surface area (Å²) in [4.78, 5) is 8.05. The van der Waals surface area contributed by atoms with Crippen molar-refractivity contribution in [2.75, 3.05) is 0 Å². The Balaban J connectivity index is 1.69. The molecule has 1 aliphatic carbocycles. The number of nitrogens with zero attached hydrogens (tertiary/aromatic N) is 2. The fraction of sp³-hybridized carbons (Fsp3) is 0.120. The average Bonchev–Trinajstić information content (AvgIpc) is 3.08. The van der Waals surface area contributed by atoms with Crippen LogP contribution in [0, 0.1) is 6.92 Å². The molecular formula is C25H17F3N2O. The first-order valence-electron chi connectivity index (χ1n) is 9.76. The Hall–Kier alpha value is -3.67. The van der Waals surface area contributed by atoms with Gasteiger partial charge < -0.3 is 4.74 Å². The largest absolute Gasteiger partial charge is 0.573 e. The summed E-state index contributed by atoms with van der Waals surface area (Å²) in [5.74, 6) is -0.198. The Morgan fingerprint density at radius 2 is 1.23 bits per heavy atom. The van der Waals surface area contributed by atoms with Crippen molar-refractivity contribution in [2.45, 2.75) is 19.7 Å². The number of hydrogen-bond donors (Lipinski definition) is 0. The van der Waals surface area contributed by atoms with Gasteiger partial charge in [-0.1, -0.05) is 6.07 Å². The van der Waals surface area contributed by atoms with E-state index in [9.17, 15) is 13.2 Å². The lowest BCUT2D eigenvalue weighted by atomic mass is 9.93. The second-order valence-corrected chi connectivity index (χ2v) is 7.53. The fourth-order valence-corrected chi connectivity index (χ4v) is 4.20. The summed E-state index contributed by atoms with van der Waals surface area (Å²) < 4.78 is 43.7. The summed E-state index contributed by atoms with van der Waals surface area (Å²) in [5, 5.41) is 0. The third kappa shape index (κ3) is 3.65. The molecule has 0 aliphatic heterocycles. The number of fused-ring (bicyclic) bond motifs is 3. The molecule has 0 fully saturated rings. The maximum Gasteiger partial charge on any atom is 0.573 e. The molecule has 2 aromatic heterocycles. The van der Waals surface area contributed by atoms with Crippen LogP contribution in [0.5, 0.6) is 5.75 Å². The molecule has 0 saturated heterocycles. The van der Waals surface area contributed by atoms with Gasteiger partial charge in [0.25, 0.3) is 0 Å². The molecule has 2 heterocycles. The van der Waals surface area contributed by atoms with Gasteiger partial charge in [0, 0.05) is 30.4 Å². The highest BCUT2D eigenvalue weighted by molar-refractivity contribution is 5.87. The van der Waals surface area contributed by atoms with E-state index in [1.807, 2.05) is 19.1 Å². The van der Waals surface area contributed by atoms with E-state index in [0.29, 0.717) is 17.5 Å². The highest BCUT2D eigenvalue weighted by Crippen LogP contribution is 2.46. The van der Waals surface area contributed by atoms with Crippen LogP contribution in [-0.2, 0) is 6.42 Å². The Morgan fingerprint density at radius 1 is 0.710 bits per heavy atom. The Labute approximate surface area is 177 Å². The summed E-state index contributed by atoms with van der Waals surface area (Å²) in [5.41, 5.74) is 8.11. The zero-order chi connectivity index (χ0) is 21.6. The van der Waals surface area contributed by atoms with E-state index < -0.39 is 6.36 Å². The lowest BCUT2D eigenvalue weighted by Crippen LogP contribution is -2.17. The quantitative estimate of drug-likeness (QED) is 0.332. The van der Waals surface area contributed by atoms with Crippen molar-refractivity contribution in [3.63, 3.8) is 0 Å². The number of halogens is 3. The van der Waals surface area contributed by atoms with Crippen molar-refractivity contribution >= 4 is 0 Å². The van der Waals surface area contributed by atoms with E-state index >= 15 is 0 Å². The van der Waals surface area contributed by atoms with Crippen LogP contribution < -0.4 is 4.74 Å². The summed E-state index contributed by atoms with van der Waals surface area (Å²) >= 11 is 0. The van der Waals surface area contributed by atoms with Crippen LogP contribution in [0.2, 0.25) is 0 Å². The minimum absolute atomic E-state index is 0.198. The molecule has 0 bridgehead atoms. The van der Waals surface area contributed by atoms with E-state index in [2.05, 4.69) is 26.8 Å². The van der Waals surface area contributed by atoms with Crippen LogP contribution in [0.4, 0.5) is 13.2 Å². The van der Waals surface area contributed by atoms with Crippen LogP contribution in [0.1, 0.15) is 16.7 Å². The number of pyridine rings is 2. The second kappa shape index (κ2) is 7.23. The van der Waals surface area contributed by atoms with Gasteiger partial charge in [0.2, 0.25) is 0 Å². The molecule has 0 amide bonds. The van der Waals surface area contributed by atoms with Gasteiger partial charge in [0.05, 0.1) is 0 Å². The number of ether oxygens (including phenoxy) is 1. The number of aromatic nitrogens is 2. The highest BCUT2D eigenvalue weighted by atomic mass is 19.4. The molecule has 154 valence electrons. The summed E-state index contributed by atoms with van der Waals surface area (Å²) in [6.07, 6.45) is 2.40. The molecule has 0 N–H and O–H groups in total. The Morgan fingerprint density at radius 3 is 1.81 bits per heavy atom. The molecule has 0 unspecified atom stereocenters. The number of benzene rings is 2. The first-order valence-corrected chi connectivity index (χ1v) is 9.76. The van der Waals surface area contributed by atoms with E-state index in [-0.39, 0.29) is 5.75 Å². The molecule has 3 nitrogen and oxygen atoms in total. The average molecular weight is 418 g/mol. The maximum atomic E-state index is 13.1. The predicted octanol–water partition coefficient (Wildman–Crippen LogP) is 6.59. The van der Waals surface area contributed by atoms with Crippen molar-refractivity contribution in [3.05, 3.63) is 90.0 Å². The molecule has 5 rings (SSSR count). The molecule has 4 aromatic rings. The van der Waals surface area contributed by atoms with Crippen LogP contribution in [-0.4, -0.2) is 16.3 Å². The molecule has 0 atom stereocenters. The van der Waals surface area contributed by atoms with Crippen LogP contribution in [0.25, 0.3) is 33.4 Å². The standard InChI is InChI=1S/C25H17F3N2O/c1-15-10-18-11-19-12-24(31-25(26,27)28)23(17-4-8-30-9-5-17)14-22(19)21(18)13-20(15)16-2-6-29-7-3-16/h2-10,12-14H,11H2,1H3. The molecule has 2 aromatic carbocycles. The molecule has 1 aliphatic rings. The van der Waals surface area contributed by atoms with Crippen LogP contribution in [0.3, 0.4) is 0 Å². The van der Waals surface area contributed by atoms with E-state index in [1.165, 1.54) is 6.07 Å². The van der Waals surface area contributed by atoms with Crippen molar-refractivity contribution in [2.24, 2.45) is 0 Å². The Kier molecular flexibility index (Phi) is 4.50. The van der Waals surface area contributed by atoms with E-state index in [4.69, 9.17) is 0 Å². The van der Waals surface area contributed by atoms with Crippen LogP contribution >= 0.6 is 0 Å². The number of alkyl halides is 3. The van der Waals surface area contributed by atoms with Gasteiger partial charge in [0.1, 0.15) is 5.75 Å². The normalized spacial score (nSPS) is 12.4. The fourth-order valence-electron chi connectivity index (χ4n) is 4.20. The molecule has 31 heavy (non-hydrogen) atoms. The smallest absolute Gasteiger partial charge is 0.405 e. The molecule has 0 spiro atoms. The summed E-state index contributed by atoms with van der Waals surface area (Å²) in [7, 11) is 0. The van der Waals surface area contributed by atoms with Crippen LogP contribution in [0.15, 0.2) is 73.3 Å². The predicted molar refractivity (Wildman–Crippen MR) is 113 cm³/mol. The van der Waals surface area contributed by atoms with E-state index in [0.717, 1.165) is 38.9 Å². The lowest BCUT2D eigenvalue weighted by Gasteiger charge is -2.16. The zero-order valence-electron chi connectivity index (χ0n) is 16.6. The number of aryl methyl sites for hydroxylation is 1. The first-order chi connectivity index (χ1) is 14.9. The van der Waals surface area contributed by atoms with Gasteiger partial charge in [-0.15, -0.1) is 13.2 Å². The molecule has 0 saturated carbocycles. The molecule has 0 radical (unpaired) electrons. The summed E-state index contributed by atoms with van der Waals surface area (Å²) in [6.45, 7) is 2.04. The van der Waals surface area contributed by atoms with Crippen molar-refractivity contribution < 1.29 is 17.9 Å². The minimum Gasteiger partial charge on any atom is -0.405 e. The van der Waals surface area contributed by atoms with Crippen molar-refractivity contribution in [3.8, 4) is 39.1 Å². The van der Waals surface area contributed by atoms with Crippen molar-refractivity contribution in [1.29, 1.82) is 0 Å². The van der Waals surface area contributed by atoms with Gasteiger partial charge in [0.15, 0.2) is 0 Å². The van der Waals surface area contributed by atoms with Gasteiger partial charge >= 0.3 is 6.36 Å². The van der Waals surface area contributed by atoms with Crippen molar-refractivity contribution in [1.82, 2.24) is 9.97 Å². The zero-order valence-corrected chi connectivity index (χ0v) is 16.6. The maximum absolute atomic E-state index is 13.1. The highest BCUT2D eigenvalue weighted by Gasteiger charge is 2.33. The lowest BCUT2D eigenvalue weighted by molar-refractivity contribution is -0.274. The van der Waals surface area contributed by atoms with E-state index in [1.54, 1.807) is 43.0 Å². The van der Waals surface area contributed by atoms with Gasteiger partial charge in [-0.3, -0.25) is 9.97 Å². The minimum atomic E-state index is -4.77. The molecule has 6 heteroatoms. The third-order valence-corrected chi connectivity index (χ3v) is 5.54. The topological polar surface area (TPSA) is 35.0 Å². The second-order valence-electron chi connectivity index (χ2n) is 7.53. The first kappa shape index (κ1) is 19.3. The molecular weight excluding hydrogens is 401 g/mol. The van der Waals surface area contributed by atoms with Gasteiger partial charge in [-0.05, 0) is 100 Å². The SMILES string of the molecule is Cc1cc2c(cc1-c1ccncc1)-c1cc(-c3ccncc3)c(OC(F)(F)F)cc1C2. The van der Waals surface area contributed by atoms with Gasteiger partial charge in [-0.25, -0.2) is 0 Å². The third-order valence-electron chi connectivity index (χ3n) is 5.54. The number of rotatable bonds is 3. The number of hydrogen-bond acceptors (Lipinski definition) is 3. The monoisotopic (exact) mass is 418 g/mol. The van der Waals surface area contributed by atoms with Gasteiger partial charge in [-0.2, -0.15) is 0 Å². The summed E-state index contributed by atoms with van der Waals surface area (Å²) in [6, 6.07) is 14.8. The Bertz CT molecular complexity index is 1270.